The van der Waals surface area contributed by atoms with E-state index in [1.54, 1.807) is 29.5 Å². The lowest BCUT2D eigenvalue weighted by Gasteiger charge is -2.26. The van der Waals surface area contributed by atoms with E-state index in [1.807, 2.05) is 12.1 Å². The number of hydrogen-bond donors (Lipinski definition) is 2. The van der Waals surface area contributed by atoms with E-state index in [1.165, 1.54) is 10.4 Å². The normalized spacial score (nSPS) is 19.0. The second-order valence-corrected chi connectivity index (χ2v) is 9.08. The van der Waals surface area contributed by atoms with E-state index >= 15 is 0 Å². The maximum absolute atomic E-state index is 12.8. The van der Waals surface area contributed by atoms with Crippen molar-refractivity contribution in [1.82, 2.24) is 10.2 Å². The summed E-state index contributed by atoms with van der Waals surface area (Å²) in [7, 11) is 2.10. The van der Waals surface area contributed by atoms with Gasteiger partial charge in [0.1, 0.15) is 16.5 Å². The zero-order valence-electron chi connectivity index (χ0n) is 15.0. The van der Waals surface area contributed by atoms with Gasteiger partial charge in [0.05, 0.1) is 5.56 Å². The lowest BCUT2D eigenvalue weighted by Crippen LogP contribution is -2.38. The molecule has 0 aliphatic carbocycles. The van der Waals surface area contributed by atoms with Gasteiger partial charge in [0, 0.05) is 33.6 Å². The van der Waals surface area contributed by atoms with E-state index in [2.05, 4.69) is 22.6 Å². The number of carbonyl (C=O) groups is 1. The van der Waals surface area contributed by atoms with E-state index < -0.39 is 6.17 Å². The molecule has 0 saturated heterocycles. The quantitative estimate of drug-likeness (QED) is 0.585. The van der Waals surface area contributed by atoms with Crippen molar-refractivity contribution in [3.05, 3.63) is 62.1 Å². The van der Waals surface area contributed by atoms with Gasteiger partial charge in [-0.25, -0.2) is 0 Å². The summed E-state index contributed by atoms with van der Waals surface area (Å²) >= 11 is 13.8. The van der Waals surface area contributed by atoms with Crippen LogP contribution in [0.15, 0.2) is 34.7 Å². The lowest BCUT2D eigenvalue weighted by molar-refractivity contribution is 0.0930. The fraction of sp³-hybridized carbons (Fsp3) is 0.250. The third kappa shape index (κ3) is 3.10. The molecule has 1 aromatic carbocycles. The van der Waals surface area contributed by atoms with Crippen molar-refractivity contribution < 1.29 is 9.21 Å². The molecule has 8 heteroatoms. The van der Waals surface area contributed by atoms with Gasteiger partial charge in [-0.15, -0.1) is 11.3 Å². The number of rotatable bonds is 2. The monoisotopic (exact) mass is 433 g/mol. The van der Waals surface area contributed by atoms with Crippen LogP contribution < -0.4 is 10.6 Å². The topological polar surface area (TPSA) is 57.5 Å². The molecule has 0 unspecified atom stereocenters. The van der Waals surface area contributed by atoms with Gasteiger partial charge >= 0.3 is 0 Å². The highest BCUT2D eigenvalue weighted by Crippen LogP contribution is 2.41. The molecule has 0 saturated carbocycles. The van der Waals surface area contributed by atoms with Crippen molar-refractivity contribution in [3.63, 3.8) is 0 Å². The Morgan fingerprint density at radius 2 is 1.96 bits per heavy atom. The first-order valence-corrected chi connectivity index (χ1v) is 10.5. The van der Waals surface area contributed by atoms with E-state index in [0.29, 0.717) is 21.6 Å². The average Bonchev–Trinajstić information content (AvgIpc) is 3.25. The fourth-order valence-corrected chi connectivity index (χ4v) is 5.62. The van der Waals surface area contributed by atoms with Gasteiger partial charge in [0.2, 0.25) is 0 Å². The van der Waals surface area contributed by atoms with Crippen molar-refractivity contribution in [2.24, 2.45) is 0 Å². The molecular formula is C20H17Cl2N3O2S. The number of halogens is 2. The molecule has 144 valence electrons. The van der Waals surface area contributed by atoms with Crippen LogP contribution in [0.5, 0.6) is 0 Å². The molecule has 1 amide bonds. The number of fused-ring (bicyclic) bond motifs is 3. The molecule has 2 aliphatic rings. The second-order valence-electron chi connectivity index (χ2n) is 7.11. The van der Waals surface area contributed by atoms with Gasteiger partial charge in [-0.3, -0.25) is 4.79 Å². The number of amides is 1. The Balaban J connectivity index is 1.45. The molecule has 2 aromatic heterocycles. The van der Waals surface area contributed by atoms with Crippen LogP contribution in [0.3, 0.4) is 0 Å². The zero-order chi connectivity index (χ0) is 19.4. The molecule has 5 rings (SSSR count). The summed E-state index contributed by atoms with van der Waals surface area (Å²) in [5.74, 6) is 1.23. The van der Waals surface area contributed by atoms with E-state index in [9.17, 15) is 4.79 Å². The van der Waals surface area contributed by atoms with Crippen molar-refractivity contribution in [2.45, 2.75) is 19.1 Å². The highest BCUT2D eigenvalue weighted by molar-refractivity contribution is 7.16. The molecule has 5 nitrogen and oxygen atoms in total. The minimum atomic E-state index is -0.416. The van der Waals surface area contributed by atoms with Gasteiger partial charge in [0.25, 0.3) is 5.91 Å². The minimum Gasteiger partial charge on any atom is -0.457 e. The number of likely N-dealkylation sites (N-methyl/N-ethyl adjacent to an activating group) is 1. The molecule has 0 radical (unpaired) electrons. The number of hydrogen-bond acceptors (Lipinski definition) is 5. The van der Waals surface area contributed by atoms with Gasteiger partial charge in [-0.05, 0) is 49.4 Å². The first-order chi connectivity index (χ1) is 13.5. The number of nitrogens with zero attached hydrogens (tertiary/aromatic N) is 1. The predicted octanol–water partition coefficient (Wildman–Crippen LogP) is 5.16. The summed E-state index contributed by atoms with van der Waals surface area (Å²) < 4.78 is 6.00. The molecule has 2 aliphatic heterocycles. The summed E-state index contributed by atoms with van der Waals surface area (Å²) in [6.45, 7) is 1.85. The summed E-state index contributed by atoms with van der Waals surface area (Å²) in [5.41, 5.74) is 2.76. The number of nitrogens with one attached hydrogen (secondary N) is 2. The number of thiophene rings is 1. The SMILES string of the molecule is CN1CCc2c(sc3c2C(=O)N[C@H](c2ccc(-c4cc(Cl)cc(Cl)c4)o2)N3)C1. The van der Waals surface area contributed by atoms with Gasteiger partial charge in [-0.1, -0.05) is 23.2 Å². The highest BCUT2D eigenvalue weighted by atomic mass is 35.5. The van der Waals surface area contributed by atoms with E-state index in [-0.39, 0.29) is 5.91 Å². The first-order valence-electron chi connectivity index (χ1n) is 8.94. The van der Waals surface area contributed by atoms with Gasteiger partial charge in [0.15, 0.2) is 6.17 Å². The Kier molecular flexibility index (Phi) is 4.39. The van der Waals surface area contributed by atoms with Crippen molar-refractivity contribution in [3.8, 4) is 11.3 Å². The van der Waals surface area contributed by atoms with Crippen molar-refractivity contribution in [2.75, 3.05) is 18.9 Å². The Morgan fingerprint density at radius 1 is 1.18 bits per heavy atom. The van der Waals surface area contributed by atoms with Crippen LogP contribution in [0, 0.1) is 0 Å². The fourth-order valence-electron chi connectivity index (χ4n) is 3.75. The molecule has 0 spiro atoms. The number of anilines is 1. The summed E-state index contributed by atoms with van der Waals surface area (Å²) in [6.07, 6.45) is 0.485. The summed E-state index contributed by atoms with van der Waals surface area (Å²) in [6, 6.07) is 8.98. The number of furan rings is 1. The maximum atomic E-state index is 12.8. The maximum Gasteiger partial charge on any atom is 0.256 e. The lowest BCUT2D eigenvalue weighted by atomic mass is 10.0. The van der Waals surface area contributed by atoms with Crippen LogP contribution in [0.2, 0.25) is 10.0 Å². The van der Waals surface area contributed by atoms with Gasteiger partial charge in [-0.2, -0.15) is 0 Å². The van der Waals surface area contributed by atoms with Crippen LogP contribution in [-0.4, -0.2) is 24.4 Å². The third-order valence-electron chi connectivity index (χ3n) is 5.08. The average molecular weight is 434 g/mol. The van der Waals surface area contributed by atoms with Crippen LogP contribution in [0.4, 0.5) is 5.00 Å². The smallest absolute Gasteiger partial charge is 0.256 e. The van der Waals surface area contributed by atoms with Crippen LogP contribution >= 0.6 is 34.5 Å². The Labute approximate surface area is 176 Å². The Hall–Kier alpha value is -1.99. The summed E-state index contributed by atoms with van der Waals surface area (Å²) in [4.78, 5) is 16.3. The first kappa shape index (κ1) is 18.1. The molecule has 1 atom stereocenters. The van der Waals surface area contributed by atoms with E-state index in [4.69, 9.17) is 27.6 Å². The highest BCUT2D eigenvalue weighted by Gasteiger charge is 2.33. The second kappa shape index (κ2) is 6.81. The minimum absolute atomic E-state index is 0.0513. The van der Waals surface area contributed by atoms with E-state index in [0.717, 1.165) is 35.6 Å². The summed E-state index contributed by atoms with van der Waals surface area (Å²) in [5, 5.41) is 8.45. The molecule has 4 heterocycles. The Morgan fingerprint density at radius 3 is 2.75 bits per heavy atom. The number of carbonyl (C=O) groups excluding carboxylic acids is 1. The van der Waals surface area contributed by atoms with Gasteiger partial charge < -0.3 is 20.0 Å². The zero-order valence-corrected chi connectivity index (χ0v) is 17.3. The molecule has 3 aromatic rings. The molecule has 2 N–H and O–H groups in total. The largest absolute Gasteiger partial charge is 0.457 e. The molecular weight excluding hydrogens is 417 g/mol. The standard InChI is InChI=1S/C20H17Cl2N3O2S/c1-25-5-4-13-16(9-25)28-20-17(13)19(26)23-18(24-20)15-3-2-14(27-15)10-6-11(21)8-12(22)7-10/h2-3,6-8,18,24H,4-5,9H2,1H3,(H,23,26)/t18-/m0/s1. The molecule has 0 fully saturated rings. The Bertz CT molecular complexity index is 1070. The molecule has 0 bridgehead atoms. The number of benzene rings is 1. The molecule has 28 heavy (non-hydrogen) atoms. The van der Waals surface area contributed by atoms with Crippen LogP contribution in [-0.2, 0) is 13.0 Å². The van der Waals surface area contributed by atoms with Crippen molar-refractivity contribution >= 4 is 45.4 Å². The van der Waals surface area contributed by atoms with Crippen LogP contribution in [0.1, 0.15) is 32.7 Å². The predicted molar refractivity (Wildman–Crippen MR) is 112 cm³/mol. The van der Waals surface area contributed by atoms with Crippen LogP contribution in [0.25, 0.3) is 11.3 Å². The third-order valence-corrected chi connectivity index (χ3v) is 6.67. The van der Waals surface area contributed by atoms with Crippen molar-refractivity contribution in [1.29, 1.82) is 0 Å².